The maximum atomic E-state index is 11.6. The van der Waals surface area contributed by atoms with E-state index in [1.165, 1.54) is 6.20 Å². The van der Waals surface area contributed by atoms with Crippen molar-refractivity contribution in [2.75, 3.05) is 0 Å². The van der Waals surface area contributed by atoms with Gasteiger partial charge in [0.25, 0.3) is 0 Å². The smallest absolute Gasteiger partial charge is 0.224 e. The van der Waals surface area contributed by atoms with Gasteiger partial charge in [0.1, 0.15) is 5.75 Å². The maximum absolute atomic E-state index is 11.6. The maximum Gasteiger partial charge on any atom is 0.224 e. The zero-order chi connectivity index (χ0) is 12.1. The van der Waals surface area contributed by atoms with Crippen LogP contribution in [0.2, 0.25) is 0 Å². The summed E-state index contributed by atoms with van der Waals surface area (Å²) in [6, 6.07) is 8.31. The first-order chi connectivity index (χ1) is 8.24. The van der Waals surface area contributed by atoms with Crippen molar-refractivity contribution in [3.63, 3.8) is 0 Å². The van der Waals surface area contributed by atoms with Crippen molar-refractivity contribution in [2.24, 2.45) is 0 Å². The Morgan fingerprint density at radius 3 is 3.00 bits per heavy atom. The van der Waals surface area contributed by atoms with E-state index in [4.69, 9.17) is 4.52 Å². The monoisotopic (exact) mass is 232 g/mol. The number of phenolic OH excluding ortho intramolecular Hbond substituents is 1. The molecule has 0 atom stereocenters. The number of hydrogen-bond donors (Lipinski definition) is 2. The minimum Gasteiger partial charge on any atom is -0.508 e. The first kappa shape index (κ1) is 11.2. The molecule has 1 heterocycles. The fraction of sp³-hybridized carbons (Fsp3) is 0.167. The number of carbonyl (C=O) groups is 1. The molecule has 0 spiro atoms. The number of aromatic hydroxyl groups is 1. The Labute approximate surface area is 98.1 Å². The zero-order valence-corrected chi connectivity index (χ0v) is 9.09. The van der Waals surface area contributed by atoms with Crippen LogP contribution in [0.15, 0.2) is 41.1 Å². The van der Waals surface area contributed by atoms with Crippen molar-refractivity contribution in [3.8, 4) is 5.75 Å². The molecule has 2 rings (SSSR count). The number of carbonyl (C=O) groups excluding carboxylic acids is 1. The fourth-order valence-corrected chi connectivity index (χ4v) is 1.43. The molecule has 0 aliphatic carbocycles. The minimum atomic E-state index is -0.132. The number of aromatic nitrogens is 1. The van der Waals surface area contributed by atoms with Gasteiger partial charge < -0.3 is 14.9 Å². The van der Waals surface area contributed by atoms with E-state index in [0.29, 0.717) is 12.3 Å². The second-order valence-corrected chi connectivity index (χ2v) is 3.60. The van der Waals surface area contributed by atoms with Crippen LogP contribution in [-0.2, 0) is 17.8 Å². The predicted molar refractivity (Wildman–Crippen MR) is 60.2 cm³/mol. The SMILES string of the molecule is O=C(Cc1cccc(O)c1)NCc1ccno1. The van der Waals surface area contributed by atoms with Gasteiger partial charge in [-0.3, -0.25) is 4.79 Å². The van der Waals surface area contributed by atoms with E-state index in [-0.39, 0.29) is 18.1 Å². The van der Waals surface area contributed by atoms with Crippen LogP contribution in [0.3, 0.4) is 0 Å². The van der Waals surface area contributed by atoms with E-state index in [9.17, 15) is 9.90 Å². The third-order valence-corrected chi connectivity index (χ3v) is 2.23. The van der Waals surface area contributed by atoms with Crippen molar-refractivity contribution in [3.05, 3.63) is 47.9 Å². The van der Waals surface area contributed by atoms with Crippen LogP contribution in [0.5, 0.6) is 5.75 Å². The second-order valence-electron chi connectivity index (χ2n) is 3.60. The van der Waals surface area contributed by atoms with Crippen LogP contribution in [0.1, 0.15) is 11.3 Å². The molecule has 0 radical (unpaired) electrons. The van der Waals surface area contributed by atoms with Crippen molar-refractivity contribution < 1.29 is 14.4 Å². The standard InChI is InChI=1S/C12H12N2O3/c15-10-3-1-2-9(6-10)7-12(16)13-8-11-4-5-14-17-11/h1-6,15H,7-8H2,(H,13,16). The summed E-state index contributed by atoms with van der Waals surface area (Å²) in [5, 5.41) is 15.5. The molecule has 0 unspecified atom stereocenters. The number of nitrogens with one attached hydrogen (secondary N) is 1. The lowest BCUT2D eigenvalue weighted by molar-refractivity contribution is -0.120. The van der Waals surface area contributed by atoms with Gasteiger partial charge in [0.2, 0.25) is 5.91 Å². The number of amides is 1. The summed E-state index contributed by atoms with van der Waals surface area (Å²) in [5.41, 5.74) is 0.764. The van der Waals surface area contributed by atoms with Gasteiger partial charge in [-0.2, -0.15) is 0 Å². The normalized spacial score (nSPS) is 10.1. The van der Waals surface area contributed by atoms with Crippen molar-refractivity contribution >= 4 is 5.91 Å². The van der Waals surface area contributed by atoms with Crippen LogP contribution >= 0.6 is 0 Å². The number of benzene rings is 1. The molecule has 0 fully saturated rings. The zero-order valence-electron chi connectivity index (χ0n) is 9.09. The Bertz CT molecular complexity index is 494. The number of phenols is 1. The predicted octanol–water partition coefficient (Wildman–Crippen LogP) is 1.24. The summed E-state index contributed by atoms with van der Waals surface area (Å²) in [6.07, 6.45) is 1.75. The summed E-state index contributed by atoms with van der Waals surface area (Å²) in [5.74, 6) is 0.631. The molecule has 1 aromatic carbocycles. The van der Waals surface area contributed by atoms with Gasteiger partial charge in [-0.05, 0) is 17.7 Å². The highest BCUT2D eigenvalue weighted by Gasteiger charge is 2.05. The molecule has 0 saturated heterocycles. The lowest BCUT2D eigenvalue weighted by Gasteiger charge is -2.03. The van der Waals surface area contributed by atoms with Gasteiger partial charge in [0.05, 0.1) is 19.2 Å². The topological polar surface area (TPSA) is 75.4 Å². The van der Waals surface area contributed by atoms with Gasteiger partial charge in [-0.15, -0.1) is 0 Å². The number of rotatable bonds is 4. The van der Waals surface area contributed by atoms with Crippen molar-refractivity contribution in [1.82, 2.24) is 10.5 Å². The Hall–Kier alpha value is -2.30. The molecular weight excluding hydrogens is 220 g/mol. The third-order valence-electron chi connectivity index (χ3n) is 2.23. The second kappa shape index (κ2) is 5.16. The van der Waals surface area contributed by atoms with Crippen molar-refractivity contribution in [1.29, 1.82) is 0 Å². The minimum absolute atomic E-state index is 0.132. The first-order valence-electron chi connectivity index (χ1n) is 5.18. The molecule has 5 heteroatoms. The summed E-state index contributed by atoms with van der Waals surface area (Å²) in [4.78, 5) is 11.6. The molecule has 5 nitrogen and oxygen atoms in total. The molecule has 0 saturated carbocycles. The number of hydrogen-bond acceptors (Lipinski definition) is 4. The van der Waals surface area contributed by atoms with Gasteiger partial charge in [-0.1, -0.05) is 17.3 Å². The third kappa shape index (κ3) is 3.34. The van der Waals surface area contributed by atoms with Crippen LogP contribution in [-0.4, -0.2) is 16.2 Å². The highest BCUT2D eigenvalue weighted by atomic mass is 16.5. The van der Waals surface area contributed by atoms with Gasteiger partial charge in [-0.25, -0.2) is 0 Å². The average molecular weight is 232 g/mol. The van der Waals surface area contributed by atoms with Gasteiger partial charge in [0, 0.05) is 6.07 Å². The number of nitrogens with zero attached hydrogens (tertiary/aromatic N) is 1. The highest BCUT2D eigenvalue weighted by Crippen LogP contribution is 2.11. The Morgan fingerprint density at radius 1 is 1.41 bits per heavy atom. The summed E-state index contributed by atoms with van der Waals surface area (Å²) in [7, 11) is 0. The van der Waals surface area contributed by atoms with Crippen LogP contribution in [0.25, 0.3) is 0 Å². The molecule has 17 heavy (non-hydrogen) atoms. The molecule has 88 valence electrons. The lowest BCUT2D eigenvalue weighted by atomic mass is 10.1. The van der Waals surface area contributed by atoms with Crippen molar-refractivity contribution in [2.45, 2.75) is 13.0 Å². The molecule has 1 aromatic heterocycles. The van der Waals surface area contributed by atoms with E-state index < -0.39 is 0 Å². The molecule has 0 aliphatic rings. The molecule has 0 bridgehead atoms. The summed E-state index contributed by atoms with van der Waals surface area (Å²) < 4.78 is 4.85. The first-order valence-corrected chi connectivity index (χ1v) is 5.18. The van der Waals surface area contributed by atoms with Crippen LogP contribution < -0.4 is 5.32 Å². The molecular formula is C12H12N2O3. The van der Waals surface area contributed by atoms with E-state index >= 15 is 0 Å². The Morgan fingerprint density at radius 2 is 2.29 bits per heavy atom. The highest BCUT2D eigenvalue weighted by molar-refractivity contribution is 5.78. The Balaban J connectivity index is 1.85. The summed E-state index contributed by atoms with van der Waals surface area (Å²) in [6.45, 7) is 0.317. The van der Waals surface area contributed by atoms with Gasteiger partial charge in [0.15, 0.2) is 5.76 Å². The van der Waals surface area contributed by atoms with Gasteiger partial charge >= 0.3 is 0 Å². The molecule has 0 aliphatic heterocycles. The molecule has 2 N–H and O–H groups in total. The van der Waals surface area contributed by atoms with Crippen LogP contribution in [0.4, 0.5) is 0 Å². The fourth-order valence-electron chi connectivity index (χ4n) is 1.43. The largest absolute Gasteiger partial charge is 0.508 e. The van der Waals surface area contributed by atoms with E-state index in [1.54, 1.807) is 30.3 Å². The molecule has 2 aromatic rings. The van der Waals surface area contributed by atoms with Crippen LogP contribution in [0, 0.1) is 0 Å². The van der Waals surface area contributed by atoms with E-state index in [2.05, 4.69) is 10.5 Å². The lowest BCUT2D eigenvalue weighted by Crippen LogP contribution is -2.24. The molecule has 1 amide bonds. The quantitative estimate of drug-likeness (QED) is 0.831. The van der Waals surface area contributed by atoms with E-state index in [0.717, 1.165) is 5.56 Å². The van der Waals surface area contributed by atoms with E-state index in [1.807, 2.05) is 0 Å². The Kier molecular flexibility index (Phi) is 3.40. The average Bonchev–Trinajstić information content (AvgIpc) is 2.79. The summed E-state index contributed by atoms with van der Waals surface area (Å²) >= 11 is 0.